The van der Waals surface area contributed by atoms with E-state index in [4.69, 9.17) is 4.74 Å². The van der Waals surface area contributed by atoms with E-state index in [1.807, 2.05) is 31.7 Å². The Hall–Kier alpha value is -1.96. The van der Waals surface area contributed by atoms with E-state index in [9.17, 15) is 0 Å². The first-order chi connectivity index (χ1) is 18.5. The van der Waals surface area contributed by atoms with Crippen molar-refractivity contribution in [2.75, 3.05) is 46.4 Å². The van der Waals surface area contributed by atoms with Crippen LogP contribution in [0.1, 0.15) is 118 Å². The highest BCUT2D eigenvalue weighted by Crippen LogP contribution is 2.10. The molecule has 0 N–H and O–H groups in total. The van der Waals surface area contributed by atoms with Gasteiger partial charge in [0.2, 0.25) is 0 Å². The molecule has 40 heavy (non-hydrogen) atoms. The minimum atomic E-state index is 0. The summed E-state index contributed by atoms with van der Waals surface area (Å²) in [6.45, 7) is 28.3. The zero-order valence-electron chi connectivity index (χ0n) is 27.2. The van der Waals surface area contributed by atoms with Crippen LogP contribution in [-0.4, -0.2) is 82.2 Å². The molecule has 2 aromatic heterocycles. The maximum absolute atomic E-state index is 5.52. The lowest BCUT2D eigenvalue weighted by Crippen LogP contribution is -2.44. The van der Waals surface area contributed by atoms with Crippen molar-refractivity contribution in [1.29, 1.82) is 0 Å². The van der Waals surface area contributed by atoms with Crippen LogP contribution in [0.5, 0.6) is 0 Å². The van der Waals surface area contributed by atoms with Crippen LogP contribution in [0.2, 0.25) is 0 Å². The fourth-order valence-corrected chi connectivity index (χ4v) is 3.57. The van der Waals surface area contributed by atoms with Gasteiger partial charge in [0.15, 0.2) is 0 Å². The number of hydrogen-bond acceptors (Lipinski definition) is 7. The number of aryl methyl sites for hydroxylation is 1. The Bertz CT molecular complexity index is 788. The van der Waals surface area contributed by atoms with E-state index in [1.54, 1.807) is 6.33 Å². The van der Waals surface area contributed by atoms with E-state index >= 15 is 0 Å². The summed E-state index contributed by atoms with van der Waals surface area (Å²) in [5.41, 5.74) is 2.39. The molecule has 1 fully saturated rings. The molecule has 0 saturated carbocycles. The minimum Gasteiger partial charge on any atom is -0.379 e. The molecule has 1 saturated heterocycles. The Kier molecular flexibility index (Phi) is 24.9. The lowest BCUT2D eigenvalue weighted by molar-refractivity contribution is 0.0656. The second-order valence-electron chi connectivity index (χ2n) is 11.6. The standard InChI is InChI=1S/C11H24N2O.C8H12N2.C7H10N2.C6H14.CH4/c1-11(2)14-10-4-5-13-8-6-12(3)7-9-13;1-6(2)8-4-9-7(3)10-5-8;1-6(2)7-3-8-5-9-4-7;1-4-5-6(2)3;/h11H,4-10H2,1-3H3;4-6H,1-3H3;3-6H,1-2H3;6H,4-5H2,1-3H3;1H4. The second kappa shape index (κ2) is 24.8. The van der Waals surface area contributed by atoms with E-state index in [2.05, 4.69) is 99.1 Å². The molecule has 0 aliphatic carbocycles. The summed E-state index contributed by atoms with van der Waals surface area (Å²) in [4.78, 5) is 20.9. The molecule has 3 rings (SSSR count). The number of aromatic nitrogens is 4. The summed E-state index contributed by atoms with van der Waals surface area (Å²) in [6, 6.07) is 0. The average Bonchev–Trinajstić information content (AvgIpc) is 2.89. The normalized spacial score (nSPS) is 13.6. The highest BCUT2D eigenvalue weighted by molar-refractivity contribution is 5.09. The number of piperazine rings is 1. The first-order valence-electron chi connectivity index (χ1n) is 15.0. The van der Waals surface area contributed by atoms with Gasteiger partial charge in [-0.15, -0.1) is 0 Å². The molecule has 1 aliphatic rings. The molecule has 7 heteroatoms. The fraction of sp³-hybridized carbons (Fsp3) is 0.758. The summed E-state index contributed by atoms with van der Waals surface area (Å²) in [5, 5.41) is 0. The van der Waals surface area contributed by atoms with Gasteiger partial charge in [-0.2, -0.15) is 0 Å². The molecule has 232 valence electrons. The predicted molar refractivity (Wildman–Crippen MR) is 173 cm³/mol. The van der Waals surface area contributed by atoms with E-state index in [1.165, 1.54) is 63.1 Å². The molecule has 3 heterocycles. The van der Waals surface area contributed by atoms with E-state index < -0.39 is 0 Å². The van der Waals surface area contributed by atoms with Crippen molar-refractivity contribution in [2.45, 2.75) is 114 Å². The van der Waals surface area contributed by atoms with Crippen molar-refractivity contribution in [3.63, 3.8) is 0 Å². The van der Waals surface area contributed by atoms with E-state index in [0.717, 1.165) is 18.3 Å². The highest BCUT2D eigenvalue weighted by Gasteiger charge is 2.12. The molecule has 0 radical (unpaired) electrons. The van der Waals surface area contributed by atoms with E-state index in [-0.39, 0.29) is 7.43 Å². The Labute approximate surface area is 248 Å². The average molecular weight is 561 g/mol. The summed E-state index contributed by atoms with van der Waals surface area (Å²) in [5.74, 6) is 2.80. The summed E-state index contributed by atoms with van der Waals surface area (Å²) < 4.78 is 5.52. The number of rotatable bonds is 9. The van der Waals surface area contributed by atoms with Crippen LogP contribution in [0.15, 0.2) is 31.1 Å². The van der Waals surface area contributed by atoms with Crippen LogP contribution in [0.3, 0.4) is 0 Å². The van der Waals surface area contributed by atoms with Crippen molar-refractivity contribution >= 4 is 0 Å². The van der Waals surface area contributed by atoms with Gasteiger partial charge in [0.05, 0.1) is 6.10 Å². The SMILES string of the molecule is C.CC(C)OCCCN1CCN(C)CC1.CC(C)c1cncnc1.CCCC(C)C.Cc1ncc(C(C)C)cn1. The van der Waals surface area contributed by atoms with Gasteiger partial charge in [-0.05, 0) is 63.1 Å². The first kappa shape index (κ1) is 40.2. The van der Waals surface area contributed by atoms with Crippen LogP contribution in [-0.2, 0) is 4.74 Å². The lowest BCUT2D eigenvalue weighted by Gasteiger charge is -2.32. The molecular formula is C33H64N6O. The molecule has 0 amide bonds. The van der Waals surface area contributed by atoms with Crippen LogP contribution < -0.4 is 0 Å². The third kappa shape index (κ3) is 22.8. The Balaban J connectivity index is 0. The quantitative estimate of drug-likeness (QED) is 0.292. The molecule has 1 aliphatic heterocycles. The van der Waals surface area contributed by atoms with Gasteiger partial charge in [-0.1, -0.05) is 68.7 Å². The van der Waals surface area contributed by atoms with Gasteiger partial charge in [0.1, 0.15) is 12.2 Å². The minimum absolute atomic E-state index is 0. The zero-order valence-corrected chi connectivity index (χ0v) is 27.2. The number of likely N-dealkylation sites (N-methyl/N-ethyl adjacent to an activating group) is 1. The highest BCUT2D eigenvalue weighted by atomic mass is 16.5. The molecule has 2 aromatic rings. The van der Waals surface area contributed by atoms with Gasteiger partial charge in [-0.25, -0.2) is 19.9 Å². The molecule has 0 spiro atoms. The molecule has 7 nitrogen and oxygen atoms in total. The maximum atomic E-state index is 5.52. The Morgan fingerprint density at radius 3 is 1.68 bits per heavy atom. The second-order valence-corrected chi connectivity index (χ2v) is 11.6. The summed E-state index contributed by atoms with van der Waals surface area (Å²) >= 11 is 0. The van der Waals surface area contributed by atoms with Gasteiger partial charge in [0.25, 0.3) is 0 Å². The van der Waals surface area contributed by atoms with Crippen molar-refractivity contribution in [2.24, 2.45) is 5.92 Å². The Morgan fingerprint density at radius 1 is 0.800 bits per heavy atom. The monoisotopic (exact) mass is 561 g/mol. The molecule has 0 unspecified atom stereocenters. The molecule has 0 bridgehead atoms. The van der Waals surface area contributed by atoms with Crippen LogP contribution in [0.25, 0.3) is 0 Å². The topological polar surface area (TPSA) is 67.3 Å². The van der Waals surface area contributed by atoms with Crippen LogP contribution in [0.4, 0.5) is 0 Å². The van der Waals surface area contributed by atoms with Crippen LogP contribution >= 0.6 is 0 Å². The zero-order chi connectivity index (χ0) is 29.6. The van der Waals surface area contributed by atoms with Crippen molar-refractivity contribution in [1.82, 2.24) is 29.7 Å². The molecule has 0 atom stereocenters. The van der Waals surface area contributed by atoms with Gasteiger partial charge in [0, 0.05) is 64.1 Å². The van der Waals surface area contributed by atoms with Gasteiger partial charge < -0.3 is 14.5 Å². The third-order valence-electron chi connectivity index (χ3n) is 6.25. The summed E-state index contributed by atoms with van der Waals surface area (Å²) in [6.07, 6.45) is 13.3. The summed E-state index contributed by atoms with van der Waals surface area (Å²) in [7, 11) is 2.19. The van der Waals surface area contributed by atoms with E-state index in [0.29, 0.717) is 17.9 Å². The van der Waals surface area contributed by atoms with Crippen molar-refractivity contribution in [3.8, 4) is 0 Å². The maximum Gasteiger partial charge on any atom is 0.125 e. The third-order valence-corrected chi connectivity index (χ3v) is 6.25. The van der Waals surface area contributed by atoms with Gasteiger partial charge in [-0.3, -0.25) is 0 Å². The largest absolute Gasteiger partial charge is 0.379 e. The number of ether oxygens (including phenoxy) is 1. The van der Waals surface area contributed by atoms with Crippen molar-refractivity contribution < 1.29 is 4.74 Å². The predicted octanol–water partition coefficient (Wildman–Crippen LogP) is 7.64. The molecule has 0 aromatic carbocycles. The fourth-order valence-electron chi connectivity index (χ4n) is 3.57. The number of hydrogen-bond donors (Lipinski definition) is 0. The lowest BCUT2D eigenvalue weighted by atomic mass is 10.1. The van der Waals surface area contributed by atoms with Gasteiger partial charge >= 0.3 is 0 Å². The smallest absolute Gasteiger partial charge is 0.125 e. The first-order valence-corrected chi connectivity index (χ1v) is 15.0. The van der Waals surface area contributed by atoms with Crippen LogP contribution in [0, 0.1) is 12.8 Å². The molecular weight excluding hydrogens is 496 g/mol. The number of nitrogens with zero attached hydrogens (tertiary/aromatic N) is 6. The van der Waals surface area contributed by atoms with Crippen molar-refractivity contribution in [3.05, 3.63) is 48.1 Å². The Morgan fingerprint density at radius 2 is 1.30 bits per heavy atom.